The van der Waals surface area contributed by atoms with Crippen LogP contribution in [0.3, 0.4) is 0 Å². The van der Waals surface area contributed by atoms with Crippen LogP contribution in [0.25, 0.3) is 0 Å². The van der Waals surface area contributed by atoms with Crippen molar-refractivity contribution in [2.45, 2.75) is 67.1 Å². The number of halogens is 3. The van der Waals surface area contributed by atoms with E-state index in [1.165, 1.54) is 24.3 Å². The molecule has 5 rings (SSSR count). The molecule has 0 bridgehead atoms. The molecule has 0 saturated heterocycles. The third-order valence-corrected chi connectivity index (χ3v) is 12.6. The normalized spacial score (nSPS) is 26.7. The Balaban J connectivity index is 1.50. The fourth-order valence-electron chi connectivity index (χ4n) is 6.41. The Morgan fingerprint density at radius 2 is 1.62 bits per heavy atom. The van der Waals surface area contributed by atoms with E-state index in [2.05, 4.69) is 4.72 Å². The van der Waals surface area contributed by atoms with Crippen molar-refractivity contribution in [2.75, 3.05) is 12.4 Å². The van der Waals surface area contributed by atoms with Crippen LogP contribution in [-0.2, 0) is 24.6 Å². The van der Waals surface area contributed by atoms with Gasteiger partial charge in [0.15, 0.2) is 21.4 Å². The Hall–Kier alpha value is -1.75. The molecule has 2 aliphatic carbocycles. The first-order chi connectivity index (χ1) is 17.5. The van der Waals surface area contributed by atoms with Gasteiger partial charge in [0.25, 0.3) is 0 Å². The molecule has 2 aromatic rings. The number of ether oxygens (including phenoxy) is 1. The highest BCUT2D eigenvalue weighted by Gasteiger charge is 2.59. The maximum absolute atomic E-state index is 15.4. The number of sulfone groups is 1. The van der Waals surface area contributed by atoms with Crippen molar-refractivity contribution in [1.82, 2.24) is 4.72 Å². The molecule has 2 saturated carbocycles. The summed E-state index contributed by atoms with van der Waals surface area (Å²) in [4.78, 5) is -0.0524. The Kier molecular flexibility index (Phi) is 7.32. The minimum absolute atomic E-state index is 0.0524. The molecular formula is C26H30ClF2NO5S2. The molecule has 1 aliphatic heterocycles. The molecule has 3 aliphatic rings. The van der Waals surface area contributed by atoms with Crippen LogP contribution in [0.1, 0.15) is 56.9 Å². The molecular weight excluding hydrogens is 544 g/mol. The minimum Gasteiger partial charge on any atom is -0.490 e. The van der Waals surface area contributed by atoms with Gasteiger partial charge in [-0.25, -0.2) is 30.3 Å². The van der Waals surface area contributed by atoms with E-state index in [9.17, 15) is 21.2 Å². The molecule has 37 heavy (non-hydrogen) atoms. The summed E-state index contributed by atoms with van der Waals surface area (Å²) < 4.78 is 91.1. The van der Waals surface area contributed by atoms with E-state index in [4.69, 9.17) is 16.3 Å². The highest BCUT2D eigenvalue weighted by molar-refractivity contribution is 7.92. The van der Waals surface area contributed by atoms with Gasteiger partial charge >= 0.3 is 0 Å². The average molecular weight is 574 g/mol. The van der Waals surface area contributed by atoms with E-state index in [0.29, 0.717) is 5.02 Å². The van der Waals surface area contributed by atoms with Crippen molar-refractivity contribution in [3.8, 4) is 5.75 Å². The first-order valence-corrected chi connectivity index (χ1v) is 16.2. The number of sulfonamides is 1. The van der Waals surface area contributed by atoms with Crippen molar-refractivity contribution < 1.29 is 30.4 Å². The molecule has 2 fully saturated rings. The monoisotopic (exact) mass is 573 g/mol. The second-order valence-corrected chi connectivity index (χ2v) is 14.9. The highest BCUT2D eigenvalue weighted by Crippen LogP contribution is 2.57. The van der Waals surface area contributed by atoms with Crippen LogP contribution in [0.2, 0.25) is 5.02 Å². The van der Waals surface area contributed by atoms with Gasteiger partial charge in [0.2, 0.25) is 10.0 Å². The van der Waals surface area contributed by atoms with E-state index in [1.807, 2.05) is 0 Å². The first kappa shape index (κ1) is 26.8. The quantitative estimate of drug-likeness (QED) is 0.503. The topological polar surface area (TPSA) is 89.5 Å². The Labute approximate surface area is 221 Å². The van der Waals surface area contributed by atoms with Crippen molar-refractivity contribution in [2.24, 2.45) is 11.8 Å². The predicted octanol–water partition coefficient (Wildman–Crippen LogP) is 5.35. The van der Waals surface area contributed by atoms with Gasteiger partial charge in [0.05, 0.1) is 22.8 Å². The third-order valence-electron chi connectivity index (χ3n) is 8.12. The minimum atomic E-state index is -4.25. The number of hydrogen-bond donors (Lipinski definition) is 1. The van der Waals surface area contributed by atoms with Gasteiger partial charge in [-0.2, -0.15) is 0 Å². The van der Waals surface area contributed by atoms with Crippen molar-refractivity contribution in [3.05, 3.63) is 58.6 Å². The van der Waals surface area contributed by atoms with E-state index in [1.54, 1.807) is 0 Å². The van der Waals surface area contributed by atoms with Crippen LogP contribution in [-0.4, -0.2) is 35.2 Å². The molecule has 2 aromatic carbocycles. The summed E-state index contributed by atoms with van der Waals surface area (Å²) in [6, 6.07) is 7.37. The zero-order chi connectivity index (χ0) is 26.4. The van der Waals surface area contributed by atoms with Crippen molar-refractivity contribution >= 4 is 31.5 Å². The molecule has 0 amide bonds. The van der Waals surface area contributed by atoms with Crippen molar-refractivity contribution in [1.29, 1.82) is 0 Å². The van der Waals surface area contributed by atoms with Crippen LogP contribution in [0, 0.1) is 23.5 Å². The molecule has 1 N–H and O–H groups in total. The first-order valence-electron chi connectivity index (χ1n) is 12.6. The molecule has 1 heterocycles. The van der Waals surface area contributed by atoms with Crippen molar-refractivity contribution in [3.63, 3.8) is 0 Å². The van der Waals surface area contributed by atoms with Gasteiger partial charge in [-0.15, -0.1) is 0 Å². The lowest BCUT2D eigenvalue weighted by Gasteiger charge is -2.49. The number of benzene rings is 2. The number of hydrogen-bond acceptors (Lipinski definition) is 5. The lowest BCUT2D eigenvalue weighted by Crippen LogP contribution is -2.53. The Morgan fingerprint density at radius 1 is 0.946 bits per heavy atom. The van der Waals surface area contributed by atoms with Gasteiger partial charge in [-0.3, -0.25) is 0 Å². The number of nitrogens with one attached hydrogen (secondary N) is 1. The summed E-state index contributed by atoms with van der Waals surface area (Å²) in [6.07, 6.45) is 5.06. The number of rotatable bonds is 6. The maximum atomic E-state index is 15.4. The van der Waals surface area contributed by atoms with Crippen LogP contribution in [0.4, 0.5) is 8.78 Å². The fourth-order valence-corrected chi connectivity index (χ4v) is 10.7. The summed E-state index contributed by atoms with van der Waals surface area (Å²) >= 11 is 5.97. The zero-order valence-electron chi connectivity index (χ0n) is 20.3. The van der Waals surface area contributed by atoms with E-state index < -0.39 is 42.2 Å². The third kappa shape index (κ3) is 4.90. The van der Waals surface area contributed by atoms with Crippen LogP contribution in [0.15, 0.2) is 41.3 Å². The van der Waals surface area contributed by atoms with Gasteiger partial charge in [-0.05, 0) is 74.4 Å². The van der Waals surface area contributed by atoms with E-state index >= 15 is 4.39 Å². The molecule has 0 spiro atoms. The summed E-state index contributed by atoms with van der Waals surface area (Å²) in [7, 11) is -7.85. The predicted molar refractivity (Wildman–Crippen MR) is 137 cm³/mol. The lowest BCUT2D eigenvalue weighted by atomic mass is 9.69. The molecule has 0 radical (unpaired) electrons. The van der Waals surface area contributed by atoms with Crippen LogP contribution in [0.5, 0.6) is 5.75 Å². The Morgan fingerprint density at radius 3 is 2.32 bits per heavy atom. The van der Waals surface area contributed by atoms with Crippen LogP contribution < -0.4 is 9.46 Å². The number of fused-ring (bicyclic) bond motifs is 3. The summed E-state index contributed by atoms with van der Waals surface area (Å²) in [6.45, 7) is -0.160. The second kappa shape index (κ2) is 10.1. The van der Waals surface area contributed by atoms with Crippen LogP contribution >= 0.6 is 11.6 Å². The largest absolute Gasteiger partial charge is 0.490 e. The summed E-state index contributed by atoms with van der Waals surface area (Å²) in [5, 5.41) is 0.344. The van der Waals surface area contributed by atoms with E-state index in [-0.39, 0.29) is 59.8 Å². The highest BCUT2D eigenvalue weighted by atomic mass is 35.5. The van der Waals surface area contributed by atoms with Gasteiger partial charge in [0, 0.05) is 17.0 Å². The second-order valence-electron chi connectivity index (χ2n) is 10.5. The molecule has 202 valence electrons. The van der Waals surface area contributed by atoms with Gasteiger partial charge in [0.1, 0.15) is 10.6 Å². The SMILES string of the molecule is O=S(=O)(C[C@@H]1CC[C@@]2(S(=O)(=O)c3ccc(Cl)cc3)c3c(F)ccc(F)c3OC[C@H]2C1)NC1CCCCC1. The molecule has 0 unspecified atom stereocenters. The summed E-state index contributed by atoms with van der Waals surface area (Å²) in [5.41, 5.74) is -0.305. The molecule has 3 atom stereocenters. The van der Waals surface area contributed by atoms with E-state index in [0.717, 1.165) is 44.2 Å². The molecule has 0 aromatic heterocycles. The maximum Gasteiger partial charge on any atom is 0.212 e. The summed E-state index contributed by atoms with van der Waals surface area (Å²) in [5.74, 6) is -3.33. The smallest absolute Gasteiger partial charge is 0.212 e. The fraction of sp³-hybridized carbons (Fsp3) is 0.538. The Bertz CT molecular complexity index is 1380. The lowest BCUT2D eigenvalue weighted by molar-refractivity contribution is 0.103. The zero-order valence-corrected chi connectivity index (χ0v) is 22.6. The average Bonchev–Trinajstić information content (AvgIpc) is 2.86. The van der Waals surface area contributed by atoms with Gasteiger partial charge < -0.3 is 4.74 Å². The molecule has 11 heteroatoms. The van der Waals surface area contributed by atoms with Gasteiger partial charge in [-0.1, -0.05) is 30.9 Å². The molecule has 6 nitrogen and oxygen atoms in total. The standard InChI is InChI=1S/C26H30ClF2NO5S2/c27-19-6-8-21(9-7-19)37(33,34)26-13-12-17(16-36(31,32)30-20-4-2-1-3-5-20)14-18(26)15-35-25-23(29)11-10-22(28)24(25)26/h6-11,17-18,20,30H,1-5,12-16H2/t17-,18-,26+/m1/s1.